The van der Waals surface area contributed by atoms with Gasteiger partial charge in [-0.1, -0.05) is 0 Å². The van der Waals surface area contributed by atoms with Crippen molar-refractivity contribution < 1.29 is 19.0 Å². The number of aryl methyl sites for hydroxylation is 1. The molecule has 0 aliphatic carbocycles. The highest BCUT2D eigenvalue weighted by Crippen LogP contribution is 2.31. The lowest BCUT2D eigenvalue weighted by molar-refractivity contribution is 0.290. The van der Waals surface area contributed by atoms with Crippen molar-refractivity contribution in [3.8, 4) is 17.0 Å². The summed E-state index contributed by atoms with van der Waals surface area (Å²) < 4.78 is 27.8. The highest BCUT2D eigenvalue weighted by atomic mass is 19.1. The lowest BCUT2D eigenvalue weighted by Gasteiger charge is -2.06. The largest absolute Gasteiger partial charge is 0.479 e. The molecule has 2 N–H and O–H groups in total. The van der Waals surface area contributed by atoms with Crippen molar-refractivity contribution in [1.29, 1.82) is 0 Å². The molecule has 0 bridgehead atoms. The van der Waals surface area contributed by atoms with Crippen LogP contribution in [0.3, 0.4) is 0 Å². The molecule has 0 radical (unpaired) electrons. The number of nitrogens with zero attached hydrogens (tertiary/aromatic N) is 8. The number of methoxy groups -OCH3 is 1. The molecule has 31 heavy (non-hydrogen) atoms. The zero-order valence-corrected chi connectivity index (χ0v) is 16.9. The van der Waals surface area contributed by atoms with Gasteiger partial charge in [0.2, 0.25) is 17.7 Å². The van der Waals surface area contributed by atoms with Crippen LogP contribution in [0.5, 0.6) is 5.88 Å². The minimum atomic E-state index is -1.32. The van der Waals surface area contributed by atoms with Crippen molar-refractivity contribution in [3.63, 3.8) is 0 Å². The van der Waals surface area contributed by atoms with E-state index >= 15 is 0 Å². The smallest absolute Gasteiger partial charge is 0.250 e. The highest BCUT2D eigenvalue weighted by molar-refractivity contribution is 5.87. The average molecular weight is 426 g/mol. The van der Waals surface area contributed by atoms with E-state index in [0.717, 1.165) is 28.0 Å². The molecule has 0 aromatic carbocycles. The summed E-state index contributed by atoms with van der Waals surface area (Å²) in [5.41, 5.74) is 3.83. The van der Waals surface area contributed by atoms with Gasteiger partial charge in [0.15, 0.2) is 11.8 Å². The first-order valence-electron chi connectivity index (χ1n) is 9.21. The SMILES string of the molecule is COc1ncnn2ccc(-c3cnc4nc(C)n(Cc5nnc(C(C)F)o5)c4c3)c12.O. The molecule has 0 saturated carbocycles. The molecule has 11 nitrogen and oxygen atoms in total. The van der Waals surface area contributed by atoms with Crippen LogP contribution in [-0.2, 0) is 6.54 Å². The van der Waals surface area contributed by atoms with Crippen molar-refractivity contribution in [2.75, 3.05) is 7.11 Å². The van der Waals surface area contributed by atoms with Gasteiger partial charge in [-0.3, -0.25) is 0 Å². The Morgan fingerprint density at radius 1 is 1.26 bits per heavy atom. The third-order valence-electron chi connectivity index (χ3n) is 4.84. The number of halogens is 1. The van der Waals surface area contributed by atoms with Gasteiger partial charge in [-0.2, -0.15) is 10.1 Å². The molecule has 0 spiro atoms. The fraction of sp³-hybridized carbons (Fsp3) is 0.263. The van der Waals surface area contributed by atoms with E-state index in [1.807, 2.05) is 29.8 Å². The first-order valence-corrected chi connectivity index (χ1v) is 9.21. The minimum Gasteiger partial charge on any atom is -0.479 e. The van der Waals surface area contributed by atoms with Gasteiger partial charge < -0.3 is 19.2 Å². The second kappa shape index (κ2) is 7.72. The number of fused-ring (bicyclic) bond motifs is 2. The Kier molecular flexibility index (Phi) is 5.07. The number of hydrogen-bond donors (Lipinski definition) is 0. The van der Waals surface area contributed by atoms with Gasteiger partial charge >= 0.3 is 0 Å². The van der Waals surface area contributed by atoms with E-state index in [-0.39, 0.29) is 17.9 Å². The van der Waals surface area contributed by atoms with Crippen LogP contribution >= 0.6 is 0 Å². The van der Waals surface area contributed by atoms with E-state index in [4.69, 9.17) is 9.15 Å². The monoisotopic (exact) mass is 426 g/mol. The number of hydrogen-bond acceptors (Lipinski definition) is 8. The number of alkyl halides is 1. The van der Waals surface area contributed by atoms with Gasteiger partial charge in [0, 0.05) is 23.5 Å². The molecule has 5 heterocycles. The van der Waals surface area contributed by atoms with Crippen molar-refractivity contribution in [1.82, 2.24) is 39.3 Å². The summed E-state index contributed by atoms with van der Waals surface area (Å²) >= 11 is 0. The molecule has 160 valence electrons. The Hall–Kier alpha value is -3.93. The number of pyridine rings is 1. The summed E-state index contributed by atoms with van der Waals surface area (Å²) in [5.74, 6) is 1.45. The summed E-state index contributed by atoms with van der Waals surface area (Å²) in [6.07, 6.45) is 3.70. The summed E-state index contributed by atoms with van der Waals surface area (Å²) in [6, 6.07) is 3.90. The summed E-state index contributed by atoms with van der Waals surface area (Å²) in [4.78, 5) is 13.2. The topological polar surface area (TPSA) is 141 Å². The number of rotatable bonds is 5. The number of ether oxygens (including phenoxy) is 1. The van der Waals surface area contributed by atoms with E-state index in [2.05, 4.69) is 30.2 Å². The van der Waals surface area contributed by atoms with E-state index in [0.29, 0.717) is 17.4 Å². The van der Waals surface area contributed by atoms with Crippen molar-refractivity contribution in [2.45, 2.75) is 26.6 Å². The second-order valence-corrected chi connectivity index (χ2v) is 6.75. The molecule has 0 fully saturated rings. The Balaban J connectivity index is 0.00000231. The molecule has 0 aliphatic heterocycles. The first-order chi connectivity index (χ1) is 14.5. The fourth-order valence-corrected chi connectivity index (χ4v) is 3.40. The van der Waals surface area contributed by atoms with Gasteiger partial charge in [-0.05, 0) is 26.0 Å². The van der Waals surface area contributed by atoms with Crippen LogP contribution in [0.1, 0.15) is 30.7 Å². The number of aromatic nitrogens is 8. The van der Waals surface area contributed by atoms with Crippen molar-refractivity contribution in [2.24, 2.45) is 0 Å². The predicted octanol–water partition coefficient (Wildman–Crippen LogP) is 2.10. The first kappa shape index (κ1) is 20.3. The van der Waals surface area contributed by atoms with E-state index in [9.17, 15) is 4.39 Å². The van der Waals surface area contributed by atoms with Gasteiger partial charge in [-0.15, -0.1) is 10.2 Å². The highest BCUT2D eigenvalue weighted by Gasteiger charge is 2.18. The molecule has 0 amide bonds. The van der Waals surface area contributed by atoms with Crippen LogP contribution in [0, 0.1) is 6.92 Å². The van der Waals surface area contributed by atoms with Crippen LogP contribution in [0.2, 0.25) is 0 Å². The third kappa shape index (κ3) is 3.36. The van der Waals surface area contributed by atoms with Crippen LogP contribution in [0.15, 0.2) is 35.3 Å². The van der Waals surface area contributed by atoms with Crippen molar-refractivity contribution in [3.05, 3.63) is 48.5 Å². The Bertz CT molecular complexity index is 1370. The lowest BCUT2D eigenvalue weighted by Crippen LogP contribution is -2.02. The predicted molar refractivity (Wildman–Crippen MR) is 107 cm³/mol. The molecule has 5 rings (SSSR count). The molecular weight excluding hydrogens is 407 g/mol. The van der Waals surface area contributed by atoms with Crippen molar-refractivity contribution >= 4 is 16.7 Å². The van der Waals surface area contributed by atoms with Crippen LogP contribution in [0.4, 0.5) is 4.39 Å². The van der Waals surface area contributed by atoms with Gasteiger partial charge in [0.1, 0.15) is 24.2 Å². The lowest BCUT2D eigenvalue weighted by atomic mass is 10.1. The maximum Gasteiger partial charge on any atom is 0.250 e. The Labute approximate surface area is 174 Å². The zero-order valence-electron chi connectivity index (χ0n) is 16.9. The van der Waals surface area contributed by atoms with Gasteiger partial charge in [0.05, 0.1) is 12.6 Å². The second-order valence-electron chi connectivity index (χ2n) is 6.75. The molecule has 12 heteroatoms. The summed E-state index contributed by atoms with van der Waals surface area (Å²) in [6.45, 7) is 3.47. The Morgan fingerprint density at radius 2 is 2.10 bits per heavy atom. The zero-order chi connectivity index (χ0) is 20.8. The standard InChI is InChI=1S/C19H17FN8O2.H2O/c1-10(20)18-26-25-15(30-18)8-27-11(2)24-17-14(27)6-12(7-21-17)13-4-5-28-16(13)19(29-3)22-9-23-28;/h4-7,9-10H,8H2,1-3H3;1H2. The Morgan fingerprint density at radius 3 is 2.84 bits per heavy atom. The minimum absolute atomic E-state index is 0. The van der Waals surface area contributed by atoms with Gasteiger partial charge in [0.25, 0.3) is 0 Å². The van der Waals surface area contributed by atoms with Crippen LogP contribution < -0.4 is 4.74 Å². The molecule has 1 atom stereocenters. The van der Waals surface area contributed by atoms with E-state index in [1.165, 1.54) is 13.3 Å². The maximum atomic E-state index is 13.4. The van der Waals surface area contributed by atoms with Crippen LogP contribution in [-0.4, -0.2) is 51.9 Å². The average Bonchev–Trinajstić information content (AvgIpc) is 3.45. The quantitative estimate of drug-likeness (QED) is 0.416. The molecule has 5 aromatic heterocycles. The molecule has 1 unspecified atom stereocenters. The van der Waals surface area contributed by atoms with Gasteiger partial charge in [-0.25, -0.2) is 18.9 Å². The van der Waals surface area contributed by atoms with E-state index < -0.39 is 6.17 Å². The molecular formula is C19H19FN8O3. The maximum absolute atomic E-state index is 13.4. The molecule has 0 saturated heterocycles. The van der Waals surface area contributed by atoms with E-state index in [1.54, 1.807) is 17.8 Å². The normalized spacial score (nSPS) is 12.3. The summed E-state index contributed by atoms with van der Waals surface area (Å²) in [7, 11) is 1.57. The summed E-state index contributed by atoms with van der Waals surface area (Å²) in [5, 5.41) is 11.9. The molecule has 0 aliphatic rings. The third-order valence-corrected chi connectivity index (χ3v) is 4.84. The fourth-order valence-electron chi connectivity index (χ4n) is 3.40. The number of imidazole rings is 1. The van der Waals surface area contributed by atoms with Crippen LogP contribution in [0.25, 0.3) is 27.8 Å². The molecule has 5 aromatic rings.